The molecule has 0 bridgehead atoms. The highest BCUT2D eigenvalue weighted by atomic mass is 16.5. The lowest BCUT2D eigenvalue weighted by Gasteiger charge is -2.49. The van der Waals surface area contributed by atoms with Crippen LogP contribution in [0.2, 0.25) is 0 Å². The van der Waals surface area contributed by atoms with Gasteiger partial charge in [-0.05, 0) is 45.1 Å². The first-order valence-electron chi connectivity index (χ1n) is 7.59. The minimum Gasteiger partial charge on any atom is -0.383 e. The first-order valence-corrected chi connectivity index (χ1v) is 7.59. The first-order chi connectivity index (χ1) is 8.63. The zero-order valence-corrected chi connectivity index (χ0v) is 12.7. The second kappa shape index (κ2) is 7.46. The van der Waals surface area contributed by atoms with Crippen molar-refractivity contribution in [1.82, 2.24) is 4.90 Å². The molecule has 18 heavy (non-hydrogen) atoms. The summed E-state index contributed by atoms with van der Waals surface area (Å²) in [5, 5.41) is 0. The number of likely N-dealkylation sites (N-methyl/N-ethyl adjacent to an activating group) is 1. The third kappa shape index (κ3) is 3.46. The quantitative estimate of drug-likeness (QED) is 0.761. The molecule has 0 aliphatic heterocycles. The standard InChI is InChI=1S/C15H32N2O/c1-5-14-7-9-15(12-16,10-8-14)17(6-2)13(3)11-18-4/h13-14H,5-12,16H2,1-4H3. The molecule has 2 N–H and O–H groups in total. The largest absolute Gasteiger partial charge is 0.383 e. The van der Waals surface area contributed by atoms with Crippen molar-refractivity contribution in [3.8, 4) is 0 Å². The van der Waals surface area contributed by atoms with E-state index in [0.717, 1.165) is 25.6 Å². The Hall–Kier alpha value is -0.120. The predicted molar refractivity (Wildman–Crippen MR) is 77.8 cm³/mol. The van der Waals surface area contributed by atoms with Gasteiger partial charge < -0.3 is 10.5 Å². The molecule has 0 aromatic heterocycles. The van der Waals surface area contributed by atoms with Crippen LogP contribution in [0.4, 0.5) is 0 Å². The maximum Gasteiger partial charge on any atom is 0.0615 e. The molecule has 0 radical (unpaired) electrons. The zero-order chi connectivity index (χ0) is 13.6. The predicted octanol–water partition coefficient (Wildman–Crippen LogP) is 2.64. The molecular formula is C15H32N2O. The van der Waals surface area contributed by atoms with E-state index in [1.807, 2.05) is 0 Å². The average Bonchev–Trinajstić information content (AvgIpc) is 2.40. The van der Waals surface area contributed by atoms with Crippen LogP contribution in [0.5, 0.6) is 0 Å². The lowest BCUT2D eigenvalue weighted by molar-refractivity contribution is -0.00953. The smallest absolute Gasteiger partial charge is 0.0615 e. The van der Waals surface area contributed by atoms with Crippen molar-refractivity contribution in [3.05, 3.63) is 0 Å². The number of hydrogen-bond acceptors (Lipinski definition) is 3. The molecule has 3 heteroatoms. The van der Waals surface area contributed by atoms with Gasteiger partial charge in [0.15, 0.2) is 0 Å². The summed E-state index contributed by atoms with van der Waals surface area (Å²) < 4.78 is 5.33. The fraction of sp³-hybridized carbons (Fsp3) is 1.00. The molecule has 0 heterocycles. The molecule has 0 aromatic carbocycles. The summed E-state index contributed by atoms with van der Waals surface area (Å²) in [5.41, 5.74) is 6.37. The minimum absolute atomic E-state index is 0.221. The Bertz CT molecular complexity index is 225. The van der Waals surface area contributed by atoms with Crippen molar-refractivity contribution in [1.29, 1.82) is 0 Å². The van der Waals surface area contributed by atoms with E-state index in [2.05, 4.69) is 25.7 Å². The monoisotopic (exact) mass is 256 g/mol. The Morgan fingerprint density at radius 1 is 1.33 bits per heavy atom. The first kappa shape index (κ1) is 15.9. The van der Waals surface area contributed by atoms with Gasteiger partial charge in [0.1, 0.15) is 0 Å². The third-order valence-electron chi connectivity index (χ3n) is 4.88. The highest BCUT2D eigenvalue weighted by Gasteiger charge is 2.40. The number of rotatable bonds is 7. The summed E-state index contributed by atoms with van der Waals surface area (Å²) in [4.78, 5) is 2.59. The fourth-order valence-corrected chi connectivity index (χ4v) is 3.68. The average molecular weight is 256 g/mol. The number of ether oxygens (including phenoxy) is 1. The van der Waals surface area contributed by atoms with E-state index in [1.165, 1.54) is 32.1 Å². The van der Waals surface area contributed by atoms with Crippen LogP contribution in [0.15, 0.2) is 0 Å². The Morgan fingerprint density at radius 3 is 2.33 bits per heavy atom. The van der Waals surface area contributed by atoms with Gasteiger partial charge in [-0.15, -0.1) is 0 Å². The van der Waals surface area contributed by atoms with Gasteiger partial charge >= 0.3 is 0 Å². The normalized spacial score (nSPS) is 30.7. The van der Waals surface area contributed by atoms with Crippen molar-refractivity contribution in [2.75, 3.05) is 26.8 Å². The van der Waals surface area contributed by atoms with E-state index < -0.39 is 0 Å². The summed E-state index contributed by atoms with van der Waals surface area (Å²) in [6.45, 7) is 9.47. The molecule has 3 nitrogen and oxygen atoms in total. The minimum atomic E-state index is 0.221. The van der Waals surface area contributed by atoms with Crippen LogP contribution in [0, 0.1) is 5.92 Å². The molecule has 1 aliphatic carbocycles. The molecule has 1 fully saturated rings. The van der Waals surface area contributed by atoms with Crippen LogP contribution < -0.4 is 5.73 Å². The van der Waals surface area contributed by atoms with Gasteiger partial charge in [0.25, 0.3) is 0 Å². The van der Waals surface area contributed by atoms with Crippen molar-refractivity contribution in [2.24, 2.45) is 11.7 Å². The van der Waals surface area contributed by atoms with E-state index in [0.29, 0.717) is 6.04 Å². The molecule has 1 atom stereocenters. The van der Waals surface area contributed by atoms with Gasteiger partial charge in [-0.2, -0.15) is 0 Å². The van der Waals surface area contributed by atoms with Crippen LogP contribution in [0.1, 0.15) is 52.9 Å². The topological polar surface area (TPSA) is 38.5 Å². The molecule has 0 aromatic rings. The molecule has 1 unspecified atom stereocenters. The van der Waals surface area contributed by atoms with Gasteiger partial charge in [0.05, 0.1) is 6.61 Å². The third-order valence-corrected chi connectivity index (χ3v) is 4.88. The van der Waals surface area contributed by atoms with Crippen LogP contribution >= 0.6 is 0 Å². The van der Waals surface area contributed by atoms with E-state index >= 15 is 0 Å². The number of nitrogens with zero attached hydrogens (tertiary/aromatic N) is 1. The summed E-state index contributed by atoms with van der Waals surface area (Å²) in [6, 6.07) is 0.460. The van der Waals surface area contributed by atoms with Gasteiger partial charge in [-0.3, -0.25) is 4.90 Å². The molecule has 0 spiro atoms. The van der Waals surface area contributed by atoms with Crippen molar-refractivity contribution < 1.29 is 4.74 Å². The Balaban J connectivity index is 2.73. The number of nitrogens with two attached hydrogens (primary N) is 1. The van der Waals surface area contributed by atoms with E-state index in [1.54, 1.807) is 7.11 Å². The van der Waals surface area contributed by atoms with Crippen LogP contribution in [0.25, 0.3) is 0 Å². The highest BCUT2D eigenvalue weighted by molar-refractivity contribution is 4.97. The molecule has 108 valence electrons. The van der Waals surface area contributed by atoms with Crippen molar-refractivity contribution in [3.63, 3.8) is 0 Å². The molecule has 1 rings (SSSR count). The lowest BCUT2D eigenvalue weighted by atomic mass is 9.74. The SMILES string of the molecule is CCC1CCC(CN)(N(CC)C(C)COC)CC1. The van der Waals surface area contributed by atoms with Crippen LogP contribution in [-0.2, 0) is 4.74 Å². The van der Waals surface area contributed by atoms with E-state index in [-0.39, 0.29) is 5.54 Å². The second-order valence-corrected chi connectivity index (χ2v) is 5.87. The van der Waals surface area contributed by atoms with Gasteiger partial charge in [-0.25, -0.2) is 0 Å². The van der Waals surface area contributed by atoms with Crippen molar-refractivity contribution >= 4 is 0 Å². The molecular weight excluding hydrogens is 224 g/mol. The lowest BCUT2D eigenvalue weighted by Crippen LogP contribution is -2.59. The van der Waals surface area contributed by atoms with E-state index in [4.69, 9.17) is 10.5 Å². The molecule has 0 saturated heterocycles. The van der Waals surface area contributed by atoms with E-state index in [9.17, 15) is 0 Å². The van der Waals surface area contributed by atoms with Gasteiger partial charge in [-0.1, -0.05) is 20.3 Å². The summed E-state index contributed by atoms with van der Waals surface area (Å²) in [5.74, 6) is 0.918. The summed E-state index contributed by atoms with van der Waals surface area (Å²) in [7, 11) is 1.79. The maximum atomic E-state index is 6.15. The summed E-state index contributed by atoms with van der Waals surface area (Å²) >= 11 is 0. The Kier molecular flexibility index (Phi) is 6.61. The molecule has 0 amide bonds. The fourth-order valence-electron chi connectivity index (χ4n) is 3.68. The number of hydrogen-bond donors (Lipinski definition) is 1. The Morgan fingerprint density at radius 2 is 1.94 bits per heavy atom. The van der Waals surface area contributed by atoms with Crippen LogP contribution in [0.3, 0.4) is 0 Å². The Labute approximate surface area is 113 Å². The van der Waals surface area contributed by atoms with Crippen LogP contribution in [-0.4, -0.2) is 43.3 Å². The molecule has 1 saturated carbocycles. The maximum absolute atomic E-state index is 6.15. The second-order valence-electron chi connectivity index (χ2n) is 5.87. The van der Waals surface area contributed by atoms with Crippen molar-refractivity contribution in [2.45, 2.75) is 64.5 Å². The van der Waals surface area contributed by atoms with Gasteiger partial charge in [0, 0.05) is 25.2 Å². The molecule has 1 aliphatic rings. The summed E-state index contributed by atoms with van der Waals surface area (Å²) in [6.07, 6.45) is 6.50. The zero-order valence-electron chi connectivity index (χ0n) is 12.7. The van der Waals surface area contributed by atoms with Gasteiger partial charge in [0.2, 0.25) is 0 Å². The highest BCUT2D eigenvalue weighted by Crippen LogP contribution is 2.38. The number of methoxy groups -OCH3 is 1.